The van der Waals surface area contributed by atoms with Crippen molar-refractivity contribution in [1.82, 2.24) is 5.32 Å². The summed E-state index contributed by atoms with van der Waals surface area (Å²) in [7, 11) is 0. The van der Waals surface area contributed by atoms with Gasteiger partial charge in [0, 0.05) is 6.04 Å². The molecule has 0 aromatic heterocycles. The molecule has 1 aliphatic heterocycles. The Morgan fingerprint density at radius 2 is 2.40 bits per heavy atom. The molecule has 2 nitrogen and oxygen atoms in total. The minimum absolute atomic E-state index is 0.253. The second-order valence-electron chi connectivity index (χ2n) is 4.45. The fourth-order valence-corrected chi connectivity index (χ4v) is 2.25. The molecule has 1 aromatic rings. The fourth-order valence-electron chi connectivity index (χ4n) is 2.25. The molecule has 0 amide bonds. The Hall–Kier alpha value is -0.860. The lowest BCUT2D eigenvalue weighted by atomic mass is 10.0. The predicted molar refractivity (Wildman–Crippen MR) is 61.8 cm³/mol. The quantitative estimate of drug-likeness (QED) is 0.791. The molecule has 1 saturated heterocycles. The number of hydrogen-bond donors (Lipinski definition) is 2. The zero-order chi connectivity index (χ0) is 10.7. The van der Waals surface area contributed by atoms with Crippen LogP contribution in [0.15, 0.2) is 24.3 Å². The van der Waals surface area contributed by atoms with Crippen LogP contribution >= 0.6 is 0 Å². The Morgan fingerprint density at radius 3 is 3.07 bits per heavy atom. The standard InChI is InChI=1S/C13H19NO/c1-10(15)8-11-4-2-5-12(9-11)13-6-3-7-14-13/h2,4-5,9-10,13-15H,3,6-8H2,1H3. The molecule has 1 aromatic carbocycles. The summed E-state index contributed by atoms with van der Waals surface area (Å²) >= 11 is 0. The molecule has 0 bridgehead atoms. The van der Waals surface area contributed by atoms with Gasteiger partial charge in [-0.1, -0.05) is 24.3 Å². The van der Waals surface area contributed by atoms with E-state index in [1.807, 2.05) is 6.92 Å². The fraction of sp³-hybridized carbons (Fsp3) is 0.538. The zero-order valence-electron chi connectivity index (χ0n) is 9.24. The first-order chi connectivity index (χ1) is 7.25. The van der Waals surface area contributed by atoms with Crippen molar-refractivity contribution < 1.29 is 5.11 Å². The number of benzene rings is 1. The summed E-state index contributed by atoms with van der Waals surface area (Å²) in [5.41, 5.74) is 2.60. The molecule has 0 radical (unpaired) electrons. The van der Waals surface area contributed by atoms with Crippen LogP contribution in [-0.4, -0.2) is 17.8 Å². The van der Waals surface area contributed by atoms with Gasteiger partial charge in [-0.15, -0.1) is 0 Å². The Labute approximate surface area is 91.3 Å². The van der Waals surface area contributed by atoms with Crippen molar-refractivity contribution >= 4 is 0 Å². The Morgan fingerprint density at radius 1 is 1.53 bits per heavy atom. The van der Waals surface area contributed by atoms with E-state index in [4.69, 9.17) is 0 Å². The molecule has 2 N–H and O–H groups in total. The number of nitrogens with one attached hydrogen (secondary N) is 1. The van der Waals surface area contributed by atoms with Gasteiger partial charge in [-0.3, -0.25) is 0 Å². The summed E-state index contributed by atoms with van der Waals surface area (Å²) in [4.78, 5) is 0. The molecule has 2 heteroatoms. The van der Waals surface area contributed by atoms with Crippen molar-refractivity contribution in [3.05, 3.63) is 35.4 Å². The van der Waals surface area contributed by atoms with Crippen molar-refractivity contribution in [3.8, 4) is 0 Å². The molecule has 2 unspecified atom stereocenters. The van der Waals surface area contributed by atoms with Gasteiger partial charge in [0.05, 0.1) is 6.10 Å². The summed E-state index contributed by atoms with van der Waals surface area (Å²) in [6, 6.07) is 9.10. The molecule has 0 spiro atoms. The van der Waals surface area contributed by atoms with Gasteiger partial charge in [0.2, 0.25) is 0 Å². The van der Waals surface area contributed by atoms with E-state index in [1.165, 1.54) is 24.0 Å². The van der Waals surface area contributed by atoms with Crippen LogP contribution in [0.25, 0.3) is 0 Å². The number of rotatable bonds is 3. The van der Waals surface area contributed by atoms with Crippen LogP contribution in [0, 0.1) is 0 Å². The first kappa shape index (κ1) is 10.7. The number of aliphatic hydroxyl groups excluding tert-OH is 1. The summed E-state index contributed by atoms with van der Waals surface area (Å²) < 4.78 is 0. The van der Waals surface area contributed by atoms with Crippen LogP contribution < -0.4 is 5.32 Å². The molecule has 1 aliphatic rings. The second-order valence-corrected chi connectivity index (χ2v) is 4.45. The lowest BCUT2D eigenvalue weighted by Crippen LogP contribution is -2.13. The van der Waals surface area contributed by atoms with Gasteiger partial charge >= 0.3 is 0 Å². The highest BCUT2D eigenvalue weighted by Crippen LogP contribution is 2.23. The van der Waals surface area contributed by atoms with Crippen LogP contribution in [0.5, 0.6) is 0 Å². The van der Waals surface area contributed by atoms with Gasteiger partial charge < -0.3 is 10.4 Å². The minimum Gasteiger partial charge on any atom is -0.393 e. The van der Waals surface area contributed by atoms with Crippen LogP contribution in [-0.2, 0) is 6.42 Å². The van der Waals surface area contributed by atoms with Gasteiger partial charge in [-0.2, -0.15) is 0 Å². The highest BCUT2D eigenvalue weighted by molar-refractivity contribution is 5.27. The van der Waals surface area contributed by atoms with E-state index in [1.54, 1.807) is 0 Å². The summed E-state index contributed by atoms with van der Waals surface area (Å²) in [6.07, 6.45) is 3.00. The van der Waals surface area contributed by atoms with Crippen LogP contribution in [0.2, 0.25) is 0 Å². The average molecular weight is 205 g/mol. The monoisotopic (exact) mass is 205 g/mol. The van der Waals surface area contributed by atoms with E-state index in [-0.39, 0.29) is 6.10 Å². The van der Waals surface area contributed by atoms with Gasteiger partial charge in [0.15, 0.2) is 0 Å². The third kappa shape index (κ3) is 2.80. The summed E-state index contributed by atoms with van der Waals surface area (Å²) in [5.74, 6) is 0. The maximum Gasteiger partial charge on any atom is 0.0552 e. The first-order valence-corrected chi connectivity index (χ1v) is 5.76. The average Bonchev–Trinajstić information content (AvgIpc) is 2.69. The van der Waals surface area contributed by atoms with Crippen molar-refractivity contribution in [3.63, 3.8) is 0 Å². The highest BCUT2D eigenvalue weighted by atomic mass is 16.3. The number of hydrogen-bond acceptors (Lipinski definition) is 2. The van der Waals surface area contributed by atoms with Crippen LogP contribution in [0.3, 0.4) is 0 Å². The normalized spacial score (nSPS) is 22.9. The van der Waals surface area contributed by atoms with E-state index >= 15 is 0 Å². The SMILES string of the molecule is CC(O)Cc1cccc(C2CCCN2)c1. The van der Waals surface area contributed by atoms with Crippen LogP contribution in [0.4, 0.5) is 0 Å². The van der Waals surface area contributed by atoms with Crippen molar-refractivity contribution in [1.29, 1.82) is 0 Å². The topological polar surface area (TPSA) is 32.3 Å². The van der Waals surface area contributed by atoms with Gasteiger partial charge in [0.1, 0.15) is 0 Å². The van der Waals surface area contributed by atoms with Gasteiger partial charge in [-0.05, 0) is 43.9 Å². The molecule has 82 valence electrons. The molecule has 0 aliphatic carbocycles. The lowest BCUT2D eigenvalue weighted by molar-refractivity contribution is 0.195. The molecular formula is C13H19NO. The van der Waals surface area contributed by atoms with Crippen LogP contribution in [0.1, 0.15) is 36.9 Å². The maximum absolute atomic E-state index is 9.35. The first-order valence-electron chi connectivity index (χ1n) is 5.76. The van der Waals surface area contributed by atoms with E-state index in [2.05, 4.69) is 29.6 Å². The van der Waals surface area contributed by atoms with E-state index < -0.39 is 0 Å². The smallest absolute Gasteiger partial charge is 0.0552 e. The molecule has 1 fully saturated rings. The summed E-state index contributed by atoms with van der Waals surface area (Å²) in [6.45, 7) is 2.96. The molecule has 1 heterocycles. The maximum atomic E-state index is 9.35. The highest BCUT2D eigenvalue weighted by Gasteiger charge is 2.16. The third-order valence-corrected chi connectivity index (χ3v) is 2.94. The van der Waals surface area contributed by atoms with Crippen molar-refractivity contribution in [2.45, 2.75) is 38.3 Å². The zero-order valence-corrected chi connectivity index (χ0v) is 9.24. The molecule has 2 atom stereocenters. The lowest BCUT2D eigenvalue weighted by Gasteiger charge is -2.12. The van der Waals surface area contributed by atoms with E-state index in [9.17, 15) is 5.11 Å². The number of aliphatic hydroxyl groups is 1. The molecule has 15 heavy (non-hydrogen) atoms. The Balaban J connectivity index is 2.11. The van der Waals surface area contributed by atoms with Gasteiger partial charge in [0.25, 0.3) is 0 Å². The Bertz CT molecular complexity index is 316. The third-order valence-electron chi connectivity index (χ3n) is 2.94. The Kier molecular flexibility index (Phi) is 3.39. The summed E-state index contributed by atoms with van der Waals surface area (Å²) in [5, 5.41) is 12.8. The van der Waals surface area contributed by atoms with Crippen molar-refractivity contribution in [2.24, 2.45) is 0 Å². The molecule has 0 saturated carbocycles. The van der Waals surface area contributed by atoms with Crippen molar-refractivity contribution in [2.75, 3.05) is 6.54 Å². The predicted octanol–water partition coefficient (Wildman–Crippen LogP) is 2.03. The van der Waals surface area contributed by atoms with E-state index in [0.717, 1.165) is 13.0 Å². The second kappa shape index (κ2) is 4.77. The molecule has 2 rings (SSSR count). The van der Waals surface area contributed by atoms with Gasteiger partial charge in [-0.25, -0.2) is 0 Å². The minimum atomic E-state index is -0.253. The largest absolute Gasteiger partial charge is 0.393 e. The molecular weight excluding hydrogens is 186 g/mol. The van der Waals surface area contributed by atoms with E-state index in [0.29, 0.717) is 6.04 Å².